The van der Waals surface area contributed by atoms with Gasteiger partial charge in [0.2, 0.25) is 10.0 Å². The molecule has 0 atom stereocenters. The highest BCUT2D eigenvalue weighted by Crippen LogP contribution is 2.21. The Kier molecular flexibility index (Phi) is 5.68. The first kappa shape index (κ1) is 15.6. The molecule has 0 aliphatic carbocycles. The van der Waals surface area contributed by atoms with Gasteiger partial charge < -0.3 is 5.32 Å². The van der Waals surface area contributed by atoms with Crippen LogP contribution in [0.5, 0.6) is 0 Å². The van der Waals surface area contributed by atoms with Gasteiger partial charge in [0.05, 0.1) is 4.90 Å². The van der Waals surface area contributed by atoms with E-state index in [1.165, 1.54) is 0 Å². The lowest BCUT2D eigenvalue weighted by atomic mass is 10.4. The summed E-state index contributed by atoms with van der Waals surface area (Å²) in [6.45, 7) is 4.04. The number of rotatable bonds is 5. The summed E-state index contributed by atoms with van der Waals surface area (Å²) in [7, 11) is -3.39. The van der Waals surface area contributed by atoms with Crippen molar-refractivity contribution in [3.05, 3.63) is 18.3 Å². The number of pyridine rings is 1. The van der Waals surface area contributed by atoms with Crippen LogP contribution >= 0.6 is 11.8 Å². The largest absolute Gasteiger partial charge is 0.370 e. The number of hydrogen-bond acceptors (Lipinski definition) is 5. The molecule has 0 spiro atoms. The Hall–Kier alpha value is -0.790. The quantitative estimate of drug-likeness (QED) is 0.901. The maximum absolute atomic E-state index is 12.6. The van der Waals surface area contributed by atoms with Crippen molar-refractivity contribution >= 4 is 27.6 Å². The first-order chi connectivity index (χ1) is 9.64. The summed E-state index contributed by atoms with van der Waals surface area (Å²) in [5.74, 6) is 2.52. The first-order valence-electron chi connectivity index (χ1n) is 6.92. The highest BCUT2D eigenvalue weighted by atomic mass is 32.2. The van der Waals surface area contributed by atoms with E-state index in [-0.39, 0.29) is 0 Å². The second-order valence-corrected chi connectivity index (χ2v) is 7.84. The molecule has 112 valence electrons. The number of thioether (sulfide) groups is 1. The van der Waals surface area contributed by atoms with Crippen LogP contribution in [0.15, 0.2) is 23.2 Å². The second kappa shape index (κ2) is 7.28. The molecule has 1 fully saturated rings. The highest BCUT2D eigenvalue weighted by Gasteiger charge is 2.25. The van der Waals surface area contributed by atoms with Crippen LogP contribution in [-0.2, 0) is 10.0 Å². The van der Waals surface area contributed by atoms with Crippen LogP contribution in [0, 0.1) is 0 Å². The molecule has 0 amide bonds. The lowest BCUT2D eigenvalue weighted by Crippen LogP contribution is -2.33. The molecule has 0 aromatic carbocycles. The van der Waals surface area contributed by atoms with Crippen LogP contribution in [0.3, 0.4) is 0 Å². The van der Waals surface area contributed by atoms with E-state index >= 15 is 0 Å². The van der Waals surface area contributed by atoms with Gasteiger partial charge in [-0.1, -0.05) is 6.92 Å². The SMILES string of the molecule is CCCNc1cc(S(=O)(=O)N2CCCSCC2)ccn1. The van der Waals surface area contributed by atoms with Crippen LogP contribution in [0.2, 0.25) is 0 Å². The molecule has 1 saturated heterocycles. The number of nitrogens with one attached hydrogen (secondary N) is 1. The fraction of sp³-hybridized carbons (Fsp3) is 0.615. The maximum Gasteiger partial charge on any atom is 0.243 e. The second-order valence-electron chi connectivity index (χ2n) is 4.67. The Morgan fingerprint density at radius 1 is 1.40 bits per heavy atom. The van der Waals surface area contributed by atoms with Crippen molar-refractivity contribution in [1.82, 2.24) is 9.29 Å². The molecular weight excluding hydrogens is 294 g/mol. The molecule has 1 aliphatic rings. The van der Waals surface area contributed by atoms with Gasteiger partial charge in [-0.3, -0.25) is 0 Å². The third kappa shape index (κ3) is 3.86. The van der Waals surface area contributed by atoms with E-state index in [0.29, 0.717) is 23.8 Å². The third-order valence-corrected chi connectivity index (χ3v) is 6.05. The van der Waals surface area contributed by atoms with E-state index in [1.807, 2.05) is 11.8 Å². The standard InChI is InChI=1S/C13H21N3O2S2/c1-2-5-14-13-11-12(4-6-15-13)20(17,18)16-7-3-9-19-10-8-16/h4,6,11H,2-3,5,7-10H2,1H3,(H,14,15). The van der Waals surface area contributed by atoms with E-state index < -0.39 is 10.0 Å². The minimum atomic E-state index is -3.39. The molecule has 0 unspecified atom stereocenters. The summed E-state index contributed by atoms with van der Waals surface area (Å²) in [6, 6.07) is 3.20. The van der Waals surface area contributed by atoms with Crippen LogP contribution in [0.25, 0.3) is 0 Å². The fourth-order valence-electron chi connectivity index (χ4n) is 2.03. The van der Waals surface area contributed by atoms with Gasteiger partial charge in [-0.25, -0.2) is 13.4 Å². The number of hydrogen-bond donors (Lipinski definition) is 1. The first-order valence-corrected chi connectivity index (χ1v) is 9.52. The van der Waals surface area contributed by atoms with Crippen molar-refractivity contribution in [2.45, 2.75) is 24.7 Å². The molecule has 20 heavy (non-hydrogen) atoms. The van der Waals surface area contributed by atoms with Crippen LogP contribution in [0.1, 0.15) is 19.8 Å². The van der Waals surface area contributed by atoms with E-state index in [2.05, 4.69) is 17.2 Å². The van der Waals surface area contributed by atoms with Crippen molar-refractivity contribution in [3.8, 4) is 0 Å². The Morgan fingerprint density at radius 2 is 2.25 bits per heavy atom. The van der Waals surface area contributed by atoms with E-state index in [4.69, 9.17) is 0 Å². The van der Waals surface area contributed by atoms with Crippen molar-refractivity contribution in [3.63, 3.8) is 0 Å². The third-order valence-electron chi connectivity index (χ3n) is 3.11. The van der Waals surface area contributed by atoms with Crippen LogP contribution in [0.4, 0.5) is 5.82 Å². The molecule has 5 nitrogen and oxygen atoms in total. The van der Waals surface area contributed by atoms with Crippen LogP contribution < -0.4 is 5.32 Å². The minimum absolute atomic E-state index is 0.331. The van der Waals surface area contributed by atoms with E-state index in [1.54, 1.807) is 22.6 Å². The molecule has 7 heteroatoms. The fourth-order valence-corrected chi connectivity index (χ4v) is 4.53. The Labute approximate surface area is 125 Å². The minimum Gasteiger partial charge on any atom is -0.370 e. The Balaban J connectivity index is 2.19. The lowest BCUT2D eigenvalue weighted by molar-refractivity contribution is 0.435. The predicted molar refractivity (Wildman–Crippen MR) is 83.7 cm³/mol. The molecular formula is C13H21N3O2S2. The zero-order valence-electron chi connectivity index (χ0n) is 11.7. The van der Waals surface area contributed by atoms with Gasteiger partial charge in [-0.15, -0.1) is 0 Å². The molecule has 1 aromatic heterocycles. The van der Waals surface area contributed by atoms with Gasteiger partial charge in [0.25, 0.3) is 0 Å². The molecule has 1 N–H and O–H groups in total. The summed E-state index contributed by atoms with van der Waals surface area (Å²) in [6.07, 6.45) is 3.44. The summed E-state index contributed by atoms with van der Waals surface area (Å²) in [5, 5.41) is 3.12. The normalized spacial score (nSPS) is 17.6. The zero-order valence-corrected chi connectivity index (χ0v) is 13.3. The highest BCUT2D eigenvalue weighted by molar-refractivity contribution is 7.99. The number of nitrogens with zero attached hydrogens (tertiary/aromatic N) is 2. The molecule has 2 rings (SSSR count). The van der Waals surface area contributed by atoms with Gasteiger partial charge in [-0.2, -0.15) is 16.1 Å². The smallest absolute Gasteiger partial charge is 0.243 e. The summed E-state index contributed by atoms with van der Waals surface area (Å²) < 4.78 is 26.8. The Bertz CT molecular complexity index is 526. The average Bonchev–Trinajstić information content (AvgIpc) is 2.75. The van der Waals surface area contributed by atoms with Crippen molar-refractivity contribution in [2.75, 3.05) is 36.5 Å². The zero-order chi connectivity index (χ0) is 14.4. The van der Waals surface area contributed by atoms with E-state index in [9.17, 15) is 8.42 Å². The molecule has 1 aliphatic heterocycles. The van der Waals surface area contributed by atoms with Gasteiger partial charge >= 0.3 is 0 Å². The lowest BCUT2D eigenvalue weighted by Gasteiger charge is -2.19. The Morgan fingerprint density at radius 3 is 3.05 bits per heavy atom. The van der Waals surface area contributed by atoms with Gasteiger partial charge in [0, 0.05) is 37.7 Å². The number of sulfonamides is 1. The molecule has 0 saturated carbocycles. The van der Waals surface area contributed by atoms with Crippen molar-refractivity contribution in [2.24, 2.45) is 0 Å². The van der Waals surface area contributed by atoms with E-state index in [0.717, 1.165) is 30.9 Å². The van der Waals surface area contributed by atoms with Crippen molar-refractivity contribution in [1.29, 1.82) is 0 Å². The monoisotopic (exact) mass is 315 g/mol. The van der Waals surface area contributed by atoms with Gasteiger partial charge in [-0.05, 0) is 24.7 Å². The van der Waals surface area contributed by atoms with Gasteiger partial charge in [0.1, 0.15) is 5.82 Å². The predicted octanol–water partition coefficient (Wildman–Crippen LogP) is 2.03. The maximum atomic E-state index is 12.6. The molecule has 0 radical (unpaired) electrons. The topological polar surface area (TPSA) is 62.3 Å². The number of anilines is 1. The summed E-state index contributed by atoms with van der Waals surface area (Å²) in [5.41, 5.74) is 0. The molecule has 0 bridgehead atoms. The average molecular weight is 315 g/mol. The molecule has 1 aromatic rings. The van der Waals surface area contributed by atoms with Crippen LogP contribution in [-0.4, -0.2) is 48.8 Å². The van der Waals surface area contributed by atoms with Crippen molar-refractivity contribution < 1.29 is 8.42 Å². The van der Waals surface area contributed by atoms with Gasteiger partial charge in [0.15, 0.2) is 0 Å². The summed E-state index contributed by atoms with van der Waals surface area (Å²) in [4.78, 5) is 4.49. The number of aromatic nitrogens is 1. The molecule has 2 heterocycles. The summed E-state index contributed by atoms with van der Waals surface area (Å²) >= 11 is 1.81.